The molecule has 0 aliphatic carbocycles. The molecule has 0 bridgehead atoms. The number of carbonyl (C=O) groups is 1. The molecule has 148 valence electrons. The Hall–Kier alpha value is -4.57. The van der Waals surface area contributed by atoms with E-state index in [1.165, 1.54) is 12.1 Å². The van der Waals surface area contributed by atoms with Gasteiger partial charge in [-0.05, 0) is 48.0 Å². The Kier molecular flexibility index (Phi) is 4.38. The Bertz CT molecular complexity index is 1400. The number of carbonyl (C=O) groups excluding carboxylic acids is 1. The van der Waals surface area contributed by atoms with Gasteiger partial charge in [0.15, 0.2) is 0 Å². The highest BCUT2D eigenvalue weighted by Crippen LogP contribution is 2.33. The Morgan fingerprint density at radius 1 is 1.06 bits per heavy atom. The number of rotatable bonds is 3. The molecule has 0 radical (unpaired) electrons. The molecule has 0 saturated carbocycles. The van der Waals surface area contributed by atoms with Crippen molar-refractivity contribution in [3.05, 3.63) is 95.4 Å². The average Bonchev–Trinajstić information content (AvgIpc) is 3.40. The number of hydrogen-bond acceptors (Lipinski definition) is 4. The van der Waals surface area contributed by atoms with Crippen LogP contribution in [-0.4, -0.2) is 20.9 Å². The average molecular weight is 407 g/mol. The molecule has 0 saturated heterocycles. The van der Waals surface area contributed by atoms with Crippen LogP contribution in [0.25, 0.3) is 28.6 Å². The summed E-state index contributed by atoms with van der Waals surface area (Å²) < 4.78 is 15.2. The number of benzene rings is 3. The lowest BCUT2D eigenvalue weighted by Gasteiger charge is -2.01. The van der Waals surface area contributed by atoms with Crippen LogP contribution in [0.5, 0.6) is 0 Å². The molecule has 0 unspecified atom stereocenters. The number of nitriles is 1. The smallest absolute Gasteiger partial charge is 0.256 e. The van der Waals surface area contributed by atoms with Gasteiger partial charge in [0.2, 0.25) is 0 Å². The molecule has 1 aromatic heterocycles. The van der Waals surface area contributed by atoms with Crippen molar-refractivity contribution in [2.45, 2.75) is 0 Å². The number of anilines is 1. The fourth-order valence-corrected chi connectivity index (χ4v) is 3.46. The van der Waals surface area contributed by atoms with Gasteiger partial charge >= 0.3 is 0 Å². The lowest BCUT2D eigenvalue weighted by molar-refractivity contribution is -0.110. The first kappa shape index (κ1) is 18.5. The van der Waals surface area contributed by atoms with Crippen LogP contribution < -0.4 is 5.32 Å². The van der Waals surface area contributed by atoms with Gasteiger partial charge in [-0.15, -0.1) is 5.10 Å². The largest absolute Gasteiger partial charge is 0.321 e. The maximum Gasteiger partial charge on any atom is 0.256 e. The Balaban J connectivity index is 1.42. The van der Waals surface area contributed by atoms with E-state index in [1.54, 1.807) is 41.2 Å². The lowest BCUT2D eigenvalue weighted by atomic mass is 10.0. The summed E-state index contributed by atoms with van der Waals surface area (Å²) in [5.74, 6) is -0.646. The van der Waals surface area contributed by atoms with Crippen LogP contribution in [0.3, 0.4) is 0 Å². The van der Waals surface area contributed by atoms with Gasteiger partial charge in [-0.2, -0.15) is 5.26 Å². The second-order valence-electron chi connectivity index (χ2n) is 7.03. The van der Waals surface area contributed by atoms with E-state index in [0.29, 0.717) is 28.1 Å². The van der Waals surface area contributed by atoms with Gasteiger partial charge in [-0.3, -0.25) is 4.79 Å². The maximum absolute atomic E-state index is 13.6. The van der Waals surface area contributed by atoms with Gasteiger partial charge in [0.1, 0.15) is 11.5 Å². The molecule has 0 atom stereocenters. The first-order valence-electron chi connectivity index (χ1n) is 9.47. The first-order valence-corrected chi connectivity index (χ1v) is 9.47. The maximum atomic E-state index is 13.6. The van der Waals surface area contributed by atoms with E-state index in [0.717, 1.165) is 16.8 Å². The van der Waals surface area contributed by atoms with E-state index in [2.05, 4.69) is 21.7 Å². The van der Waals surface area contributed by atoms with E-state index >= 15 is 0 Å². The first-order chi connectivity index (χ1) is 15.1. The SMILES string of the molecule is N#Cc1cccc(-n2cc(-c3ccc(C=C4C(=O)Nc5ccc(F)cc54)cc3)nn2)c1. The number of halogens is 1. The lowest BCUT2D eigenvalue weighted by Crippen LogP contribution is -2.03. The topological polar surface area (TPSA) is 83.6 Å². The fraction of sp³-hybridized carbons (Fsp3) is 0. The summed E-state index contributed by atoms with van der Waals surface area (Å²) in [7, 11) is 0. The van der Waals surface area contributed by atoms with Crippen molar-refractivity contribution in [2.24, 2.45) is 0 Å². The quantitative estimate of drug-likeness (QED) is 0.509. The van der Waals surface area contributed by atoms with Crippen molar-refractivity contribution in [1.82, 2.24) is 15.0 Å². The number of nitrogens with zero attached hydrogens (tertiary/aromatic N) is 4. The van der Waals surface area contributed by atoms with Crippen LogP contribution in [0.2, 0.25) is 0 Å². The molecule has 1 aliphatic rings. The van der Waals surface area contributed by atoms with Crippen molar-refractivity contribution in [3.8, 4) is 23.0 Å². The predicted molar refractivity (Wildman–Crippen MR) is 114 cm³/mol. The summed E-state index contributed by atoms with van der Waals surface area (Å²) in [4.78, 5) is 12.3. The van der Waals surface area contributed by atoms with E-state index < -0.39 is 0 Å². The highest BCUT2D eigenvalue weighted by Gasteiger charge is 2.24. The van der Waals surface area contributed by atoms with E-state index in [4.69, 9.17) is 5.26 Å². The summed E-state index contributed by atoms with van der Waals surface area (Å²) >= 11 is 0. The molecule has 4 aromatic rings. The zero-order valence-electron chi connectivity index (χ0n) is 16.1. The number of hydrogen-bond donors (Lipinski definition) is 1. The molecular weight excluding hydrogens is 393 g/mol. The van der Waals surface area contributed by atoms with Crippen molar-refractivity contribution < 1.29 is 9.18 Å². The molecule has 3 aromatic carbocycles. The van der Waals surface area contributed by atoms with Crippen LogP contribution in [0.15, 0.2) is 72.9 Å². The minimum atomic E-state index is -0.389. The second-order valence-corrected chi connectivity index (χ2v) is 7.03. The number of aromatic nitrogens is 3. The molecule has 31 heavy (non-hydrogen) atoms. The van der Waals surface area contributed by atoms with Gasteiger partial charge in [0.25, 0.3) is 5.91 Å². The van der Waals surface area contributed by atoms with Gasteiger partial charge in [-0.25, -0.2) is 9.07 Å². The van der Waals surface area contributed by atoms with Crippen LogP contribution in [0.1, 0.15) is 16.7 Å². The molecular formula is C24H14FN5O. The third-order valence-electron chi connectivity index (χ3n) is 5.02. The number of fused-ring (bicyclic) bond motifs is 1. The molecule has 1 aliphatic heterocycles. The minimum Gasteiger partial charge on any atom is -0.321 e. The third kappa shape index (κ3) is 3.47. The molecule has 0 fully saturated rings. The summed E-state index contributed by atoms with van der Waals surface area (Å²) in [6.07, 6.45) is 3.52. The number of nitrogens with one attached hydrogen (secondary N) is 1. The Morgan fingerprint density at radius 3 is 2.71 bits per heavy atom. The highest BCUT2D eigenvalue weighted by molar-refractivity contribution is 6.34. The van der Waals surface area contributed by atoms with E-state index in [-0.39, 0.29) is 11.7 Å². The normalized spacial score (nSPS) is 13.7. The summed E-state index contributed by atoms with van der Waals surface area (Å²) in [5.41, 5.74) is 5.20. The Labute approximate surface area is 176 Å². The molecule has 2 heterocycles. The Morgan fingerprint density at radius 2 is 1.90 bits per heavy atom. The van der Waals surface area contributed by atoms with E-state index in [9.17, 15) is 9.18 Å². The van der Waals surface area contributed by atoms with Crippen LogP contribution in [0.4, 0.5) is 10.1 Å². The summed E-state index contributed by atoms with van der Waals surface area (Å²) in [5, 5.41) is 20.2. The summed E-state index contributed by atoms with van der Waals surface area (Å²) in [6.45, 7) is 0. The zero-order valence-corrected chi connectivity index (χ0v) is 16.1. The van der Waals surface area contributed by atoms with E-state index in [1.807, 2.05) is 30.3 Å². The second kappa shape index (κ2) is 7.35. The van der Waals surface area contributed by atoms with Gasteiger partial charge in [-0.1, -0.05) is 35.5 Å². The molecule has 0 spiro atoms. The van der Waals surface area contributed by atoms with Crippen LogP contribution in [0, 0.1) is 17.1 Å². The fourth-order valence-electron chi connectivity index (χ4n) is 3.46. The summed E-state index contributed by atoms with van der Waals surface area (Å²) in [6, 6.07) is 20.9. The van der Waals surface area contributed by atoms with Gasteiger partial charge in [0.05, 0.1) is 23.5 Å². The minimum absolute atomic E-state index is 0.257. The van der Waals surface area contributed by atoms with Crippen LogP contribution in [-0.2, 0) is 4.79 Å². The zero-order chi connectivity index (χ0) is 21.4. The monoisotopic (exact) mass is 407 g/mol. The van der Waals surface area contributed by atoms with Crippen molar-refractivity contribution in [2.75, 3.05) is 5.32 Å². The molecule has 7 heteroatoms. The van der Waals surface area contributed by atoms with Crippen molar-refractivity contribution in [3.63, 3.8) is 0 Å². The molecule has 1 N–H and O–H groups in total. The van der Waals surface area contributed by atoms with Crippen molar-refractivity contribution in [1.29, 1.82) is 5.26 Å². The van der Waals surface area contributed by atoms with Crippen LogP contribution >= 0.6 is 0 Å². The molecule has 5 rings (SSSR count). The number of amides is 1. The standard InChI is InChI=1S/C24H14FN5O/c25-18-8-9-22-20(12-18)21(24(31)27-22)11-15-4-6-17(7-5-15)23-14-30(29-28-23)19-3-1-2-16(10-19)13-26/h1-12,14H,(H,27,31). The predicted octanol–water partition coefficient (Wildman–Crippen LogP) is 4.44. The van der Waals surface area contributed by atoms with Gasteiger partial charge < -0.3 is 5.32 Å². The highest BCUT2D eigenvalue weighted by atomic mass is 19.1. The van der Waals surface area contributed by atoms with Crippen molar-refractivity contribution >= 4 is 23.2 Å². The third-order valence-corrected chi connectivity index (χ3v) is 5.02. The molecule has 6 nitrogen and oxygen atoms in total. The van der Waals surface area contributed by atoms with Gasteiger partial charge in [0, 0.05) is 22.4 Å². The molecule has 1 amide bonds.